The maximum Gasteiger partial charge on any atom is 0.0270 e. The van der Waals surface area contributed by atoms with Crippen LogP contribution in [0.3, 0.4) is 0 Å². The molecule has 1 aromatic rings. The Morgan fingerprint density at radius 2 is 2.08 bits per heavy atom. The summed E-state index contributed by atoms with van der Waals surface area (Å²) in [6.45, 7) is 2.21. The average molecular weight is 172 g/mol. The van der Waals surface area contributed by atoms with E-state index in [9.17, 15) is 0 Å². The quantitative estimate of drug-likeness (QED) is 0.638. The van der Waals surface area contributed by atoms with Crippen molar-refractivity contribution in [1.29, 1.82) is 0 Å². The predicted molar refractivity (Wildman–Crippen MR) is 53.8 cm³/mol. The van der Waals surface area contributed by atoms with Gasteiger partial charge in [0.05, 0.1) is 0 Å². The number of allylic oxidation sites excluding steroid dienone is 1. The van der Waals surface area contributed by atoms with Gasteiger partial charge in [0.15, 0.2) is 0 Å². The van der Waals surface area contributed by atoms with Crippen molar-refractivity contribution in [2.75, 3.05) is 0 Å². The molecule has 0 bridgehead atoms. The Balaban J connectivity index is 2.35. The molecule has 0 fully saturated rings. The average Bonchev–Trinajstić information content (AvgIpc) is 2.20. The van der Waals surface area contributed by atoms with Gasteiger partial charge in [0.1, 0.15) is 0 Å². The van der Waals surface area contributed by atoms with Gasteiger partial charge >= 0.3 is 0 Å². The number of aliphatic imine (C=N–C) groups is 1. The number of aromatic nitrogens is 1. The molecule has 2 heteroatoms. The van der Waals surface area contributed by atoms with Gasteiger partial charge in [-0.25, -0.2) is 0 Å². The molecule has 0 aromatic carbocycles. The summed E-state index contributed by atoms with van der Waals surface area (Å²) in [7, 11) is 0. The molecule has 0 N–H and O–H groups in total. The first kappa shape index (κ1) is 8.17. The third-order valence-electron chi connectivity index (χ3n) is 2.49. The van der Waals surface area contributed by atoms with Crippen LogP contribution in [0.25, 0.3) is 0 Å². The van der Waals surface area contributed by atoms with Crippen LogP contribution in [0.15, 0.2) is 41.8 Å². The van der Waals surface area contributed by atoms with E-state index in [1.54, 1.807) is 0 Å². The number of hydrogen-bond acceptors (Lipinski definition) is 2. The summed E-state index contributed by atoms with van der Waals surface area (Å²) in [6.07, 6.45) is 10.6. The first-order valence-electron chi connectivity index (χ1n) is 4.41. The van der Waals surface area contributed by atoms with Crippen LogP contribution >= 0.6 is 0 Å². The fraction of sp³-hybridized carbons (Fsp3) is 0.273. The Hall–Kier alpha value is -1.44. The van der Waals surface area contributed by atoms with Crippen LogP contribution in [-0.2, 0) is 5.41 Å². The van der Waals surface area contributed by atoms with Crippen LogP contribution in [0.4, 0.5) is 0 Å². The molecular weight excluding hydrogens is 160 g/mol. The second-order valence-corrected chi connectivity index (χ2v) is 3.50. The minimum Gasteiger partial charge on any atom is -0.269 e. The summed E-state index contributed by atoms with van der Waals surface area (Å²) in [5, 5.41) is 0. The molecule has 2 nitrogen and oxygen atoms in total. The topological polar surface area (TPSA) is 25.2 Å². The van der Waals surface area contributed by atoms with Gasteiger partial charge in [0.25, 0.3) is 0 Å². The van der Waals surface area contributed by atoms with Crippen molar-refractivity contribution in [2.45, 2.75) is 18.8 Å². The van der Waals surface area contributed by atoms with Gasteiger partial charge in [-0.15, -0.1) is 0 Å². The number of hydrogen-bond donors (Lipinski definition) is 0. The Labute approximate surface area is 78.0 Å². The van der Waals surface area contributed by atoms with Crippen LogP contribution in [0.5, 0.6) is 0 Å². The highest BCUT2D eigenvalue weighted by Crippen LogP contribution is 2.29. The summed E-state index contributed by atoms with van der Waals surface area (Å²) in [4.78, 5) is 8.09. The van der Waals surface area contributed by atoms with Crippen molar-refractivity contribution in [1.82, 2.24) is 4.98 Å². The molecule has 1 atom stereocenters. The maximum atomic E-state index is 4.08. The van der Waals surface area contributed by atoms with E-state index in [2.05, 4.69) is 35.1 Å². The van der Waals surface area contributed by atoms with Crippen LogP contribution in [0.2, 0.25) is 0 Å². The van der Waals surface area contributed by atoms with E-state index < -0.39 is 0 Å². The molecule has 0 spiro atoms. The van der Waals surface area contributed by atoms with Gasteiger partial charge in [-0.2, -0.15) is 0 Å². The van der Waals surface area contributed by atoms with Crippen molar-refractivity contribution in [3.8, 4) is 0 Å². The standard InChI is InChI=1S/C11H12N2/c1-11(4-8-13-9-5-11)10-2-6-12-7-3-10/h2-4,6-9H,5H2,1H3. The third kappa shape index (κ3) is 1.52. The van der Waals surface area contributed by atoms with Crippen molar-refractivity contribution in [3.05, 3.63) is 42.4 Å². The Morgan fingerprint density at radius 3 is 2.69 bits per heavy atom. The number of pyridine rings is 1. The van der Waals surface area contributed by atoms with E-state index in [1.807, 2.05) is 24.8 Å². The van der Waals surface area contributed by atoms with Crippen LogP contribution < -0.4 is 0 Å². The molecule has 0 amide bonds. The van der Waals surface area contributed by atoms with Gasteiger partial charge in [-0.1, -0.05) is 13.0 Å². The summed E-state index contributed by atoms with van der Waals surface area (Å²) >= 11 is 0. The van der Waals surface area contributed by atoms with Gasteiger partial charge < -0.3 is 0 Å². The second-order valence-electron chi connectivity index (χ2n) is 3.50. The van der Waals surface area contributed by atoms with E-state index in [0.29, 0.717) is 0 Å². The van der Waals surface area contributed by atoms with Gasteiger partial charge in [-0.3, -0.25) is 9.98 Å². The lowest BCUT2D eigenvalue weighted by atomic mass is 9.79. The smallest absolute Gasteiger partial charge is 0.0270 e. The molecule has 66 valence electrons. The molecule has 2 rings (SSSR count). The van der Waals surface area contributed by atoms with E-state index in [0.717, 1.165) is 6.42 Å². The molecule has 0 saturated heterocycles. The van der Waals surface area contributed by atoms with E-state index in [-0.39, 0.29) is 5.41 Å². The summed E-state index contributed by atoms with van der Waals surface area (Å²) < 4.78 is 0. The number of rotatable bonds is 1. The Kier molecular flexibility index (Phi) is 1.97. The molecule has 0 saturated carbocycles. The Morgan fingerprint density at radius 1 is 1.31 bits per heavy atom. The van der Waals surface area contributed by atoms with E-state index in [1.165, 1.54) is 5.56 Å². The summed E-state index contributed by atoms with van der Waals surface area (Å²) in [6, 6.07) is 4.12. The normalized spacial score (nSPS) is 26.2. The minimum atomic E-state index is 0.102. The monoisotopic (exact) mass is 172 g/mol. The van der Waals surface area contributed by atoms with Crippen molar-refractivity contribution >= 4 is 6.21 Å². The summed E-state index contributed by atoms with van der Waals surface area (Å²) in [5.74, 6) is 0. The fourth-order valence-corrected chi connectivity index (χ4v) is 1.53. The fourth-order valence-electron chi connectivity index (χ4n) is 1.53. The minimum absolute atomic E-state index is 0.102. The lowest BCUT2D eigenvalue weighted by Crippen LogP contribution is -2.21. The highest BCUT2D eigenvalue weighted by atomic mass is 14.7. The Bertz CT molecular complexity index is 340. The van der Waals surface area contributed by atoms with Crippen LogP contribution in [0.1, 0.15) is 18.9 Å². The lowest BCUT2D eigenvalue weighted by molar-refractivity contribution is 0.620. The van der Waals surface area contributed by atoms with E-state index in [4.69, 9.17) is 0 Å². The van der Waals surface area contributed by atoms with Crippen LogP contribution in [-0.4, -0.2) is 11.2 Å². The lowest BCUT2D eigenvalue weighted by Gasteiger charge is -2.26. The first-order valence-corrected chi connectivity index (χ1v) is 4.41. The molecule has 1 aliphatic heterocycles. The zero-order valence-electron chi connectivity index (χ0n) is 7.64. The SMILES string of the molecule is CC1(c2ccncc2)C=CN=CC1. The highest BCUT2D eigenvalue weighted by molar-refractivity contribution is 5.63. The molecule has 0 aliphatic carbocycles. The molecule has 1 unspecified atom stereocenters. The molecular formula is C11H12N2. The van der Waals surface area contributed by atoms with Gasteiger partial charge in [0, 0.05) is 30.2 Å². The van der Waals surface area contributed by atoms with Crippen molar-refractivity contribution < 1.29 is 0 Å². The van der Waals surface area contributed by atoms with Crippen LogP contribution in [0, 0.1) is 0 Å². The van der Waals surface area contributed by atoms with Crippen molar-refractivity contribution in [2.24, 2.45) is 4.99 Å². The second kappa shape index (κ2) is 3.13. The molecule has 1 aromatic heterocycles. The molecule has 0 radical (unpaired) electrons. The van der Waals surface area contributed by atoms with Gasteiger partial charge in [0.2, 0.25) is 0 Å². The number of nitrogens with zero attached hydrogens (tertiary/aromatic N) is 2. The maximum absolute atomic E-state index is 4.08. The zero-order valence-corrected chi connectivity index (χ0v) is 7.64. The van der Waals surface area contributed by atoms with Gasteiger partial charge in [-0.05, 0) is 24.1 Å². The molecule has 2 heterocycles. The summed E-state index contributed by atoms with van der Waals surface area (Å²) in [5.41, 5.74) is 1.40. The molecule has 13 heavy (non-hydrogen) atoms. The molecule has 1 aliphatic rings. The van der Waals surface area contributed by atoms with E-state index >= 15 is 0 Å². The van der Waals surface area contributed by atoms with Crippen molar-refractivity contribution in [3.63, 3.8) is 0 Å². The zero-order chi connectivity index (χ0) is 9.15. The third-order valence-corrected chi connectivity index (χ3v) is 2.49. The predicted octanol–water partition coefficient (Wildman–Crippen LogP) is 2.33. The largest absolute Gasteiger partial charge is 0.269 e. The highest BCUT2D eigenvalue weighted by Gasteiger charge is 2.23. The first-order chi connectivity index (χ1) is 6.31.